The standard InChI is InChI=1S/C24H21N9O/c1-14-3-7-23(32-29-14)27-16-4-6-22-21(10-16)26-13-33(22)24-8-5-19(15(2)34)20(28-24)11-17-9-18(12-25)31-30-17/h3-10,13,15,34H,11H2,1-2H3,(H,27,32)(H,30,31)/t15-/m0/s1. The van der Waals surface area contributed by atoms with Crippen molar-refractivity contribution in [2.45, 2.75) is 26.4 Å². The van der Waals surface area contributed by atoms with E-state index in [4.69, 9.17) is 10.2 Å². The molecule has 5 aromatic rings. The highest BCUT2D eigenvalue weighted by Crippen LogP contribution is 2.25. The minimum absolute atomic E-state index is 0.311. The molecule has 5 rings (SSSR count). The van der Waals surface area contributed by atoms with Gasteiger partial charge in [0.15, 0.2) is 11.5 Å². The highest BCUT2D eigenvalue weighted by atomic mass is 16.3. The van der Waals surface area contributed by atoms with E-state index in [1.165, 1.54) is 0 Å². The van der Waals surface area contributed by atoms with Crippen LogP contribution in [0.5, 0.6) is 0 Å². The van der Waals surface area contributed by atoms with Crippen LogP contribution in [0.2, 0.25) is 0 Å². The summed E-state index contributed by atoms with van der Waals surface area (Å²) in [5.74, 6) is 1.33. The number of H-pyrrole nitrogens is 1. The largest absolute Gasteiger partial charge is 0.389 e. The number of nitrogens with zero attached hydrogens (tertiary/aromatic N) is 7. The van der Waals surface area contributed by atoms with E-state index in [0.29, 0.717) is 35.0 Å². The molecule has 1 atom stereocenters. The van der Waals surface area contributed by atoms with Crippen molar-refractivity contribution in [2.75, 3.05) is 5.32 Å². The van der Waals surface area contributed by atoms with E-state index in [0.717, 1.165) is 28.1 Å². The Labute approximate surface area is 195 Å². The van der Waals surface area contributed by atoms with Gasteiger partial charge < -0.3 is 10.4 Å². The second-order valence-electron chi connectivity index (χ2n) is 7.95. The van der Waals surface area contributed by atoms with Gasteiger partial charge in [0.1, 0.15) is 18.2 Å². The summed E-state index contributed by atoms with van der Waals surface area (Å²) in [5, 5.41) is 37.5. The number of aromatic nitrogens is 7. The number of pyridine rings is 1. The normalized spacial score (nSPS) is 11.9. The number of fused-ring (bicyclic) bond motifs is 1. The lowest BCUT2D eigenvalue weighted by Gasteiger charge is -2.13. The number of imidazole rings is 1. The number of aliphatic hydroxyl groups excluding tert-OH is 1. The van der Waals surface area contributed by atoms with E-state index in [9.17, 15) is 5.11 Å². The van der Waals surface area contributed by atoms with Gasteiger partial charge >= 0.3 is 0 Å². The number of aryl methyl sites for hydroxylation is 1. The Balaban J connectivity index is 1.47. The maximum Gasteiger partial charge on any atom is 0.162 e. The minimum atomic E-state index is -0.687. The molecule has 0 saturated carbocycles. The predicted molar refractivity (Wildman–Crippen MR) is 126 cm³/mol. The van der Waals surface area contributed by atoms with E-state index >= 15 is 0 Å². The van der Waals surface area contributed by atoms with Crippen molar-refractivity contribution >= 4 is 22.5 Å². The van der Waals surface area contributed by atoms with E-state index in [2.05, 4.69) is 30.7 Å². The molecule has 168 valence electrons. The van der Waals surface area contributed by atoms with Gasteiger partial charge in [0.25, 0.3) is 0 Å². The molecule has 34 heavy (non-hydrogen) atoms. The van der Waals surface area contributed by atoms with Gasteiger partial charge in [-0.15, -0.1) is 5.10 Å². The topological polar surface area (TPSA) is 141 Å². The number of anilines is 2. The summed E-state index contributed by atoms with van der Waals surface area (Å²) in [6.45, 7) is 3.59. The Morgan fingerprint density at radius 1 is 1.15 bits per heavy atom. The van der Waals surface area contributed by atoms with Crippen molar-refractivity contribution < 1.29 is 5.11 Å². The van der Waals surface area contributed by atoms with Crippen LogP contribution < -0.4 is 5.32 Å². The van der Waals surface area contributed by atoms with Crippen LogP contribution in [0.4, 0.5) is 11.5 Å². The Morgan fingerprint density at radius 3 is 2.76 bits per heavy atom. The van der Waals surface area contributed by atoms with Crippen LogP contribution in [0, 0.1) is 18.3 Å². The van der Waals surface area contributed by atoms with Crippen molar-refractivity contribution in [3.8, 4) is 11.9 Å². The van der Waals surface area contributed by atoms with Gasteiger partial charge in [0, 0.05) is 23.4 Å². The smallest absolute Gasteiger partial charge is 0.162 e. The molecule has 0 unspecified atom stereocenters. The fraction of sp³-hybridized carbons (Fsp3) is 0.167. The van der Waals surface area contributed by atoms with Gasteiger partial charge in [-0.2, -0.15) is 15.5 Å². The maximum atomic E-state index is 10.2. The SMILES string of the molecule is Cc1ccc(Nc2ccc3c(c2)ncn3-c2ccc([C@H](C)O)c(Cc3cc(C#N)n[nH]3)n2)nn1. The average molecular weight is 451 g/mol. The second kappa shape index (κ2) is 8.73. The number of aliphatic hydroxyl groups is 1. The third-order valence-electron chi connectivity index (χ3n) is 5.41. The third kappa shape index (κ3) is 4.20. The lowest BCUT2D eigenvalue weighted by molar-refractivity contribution is 0.197. The van der Waals surface area contributed by atoms with Crippen LogP contribution in [-0.4, -0.2) is 40.0 Å². The number of benzene rings is 1. The van der Waals surface area contributed by atoms with Gasteiger partial charge in [-0.25, -0.2) is 9.97 Å². The monoisotopic (exact) mass is 451 g/mol. The summed E-state index contributed by atoms with van der Waals surface area (Å²) in [6, 6.07) is 17.0. The molecule has 10 nitrogen and oxygen atoms in total. The van der Waals surface area contributed by atoms with E-state index in [-0.39, 0.29) is 0 Å². The zero-order valence-corrected chi connectivity index (χ0v) is 18.6. The van der Waals surface area contributed by atoms with E-state index in [1.54, 1.807) is 19.3 Å². The van der Waals surface area contributed by atoms with Crippen LogP contribution in [0.25, 0.3) is 16.9 Å². The minimum Gasteiger partial charge on any atom is -0.389 e. The molecule has 0 aliphatic rings. The van der Waals surface area contributed by atoms with Crippen molar-refractivity contribution in [1.29, 1.82) is 5.26 Å². The molecule has 0 amide bonds. The number of hydrogen-bond donors (Lipinski definition) is 3. The van der Waals surface area contributed by atoms with Gasteiger partial charge in [0.05, 0.1) is 28.5 Å². The van der Waals surface area contributed by atoms with Crippen molar-refractivity contribution in [3.63, 3.8) is 0 Å². The fourth-order valence-corrected chi connectivity index (χ4v) is 3.73. The Hall–Kier alpha value is -4.62. The zero-order chi connectivity index (χ0) is 23.7. The van der Waals surface area contributed by atoms with E-state index in [1.807, 2.05) is 60.0 Å². The molecule has 0 saturated heterocycles. The summed E-state index contributed by atoms with van der Waals surface area (Å²) < 4.78 is 1.90. The summed E-state index contributed by atoms with van der Waals surface area (Å²) >= 11 is 0. The Kier molecular flexibility index (Phi) is 5.45. The van der Waals surface area contributed by atoms with Gasteiger partial charge in [-0.1, -0.05) is 6.07 Å². The molecular formula is C24H21N9O. The highest BCUT2D eigenvalue weighted by molar-refractivity contribution is 5.81. The summed E-state index contributed by atoms with van der Waals surface area (Å²) in [4.78, 5) is 9.36. The van der Waals surface area contributed by atoms with Crippen LogP contribution in [0.15, 0.2) is 54.9 Å². The Bertz CT molecular complexity index is 1510. The molecule has 1 aromatic carbocycles. The molecule has 0 spiro atoms. The number of aromatic amines is 1. The van der Waals surface area contributed by atoms with Gasteiger partial charge in [0.2, 0.25) is 0 Å². The Morgan fingerprint density at radius 2 is 2.03 bits per heavy atom. The summed E-state index contributed by atoms with van der Waals surface area (Å²) in [5.41, 5.74) is 5.84. The molecule has 0 bridgehead atoms. The predicted octanol–water partition coefficient (Wildman–Crippen LogP) is 3.50. The van der Waals surface area contributed by atoms with E-state index < -0.39 is 6.10 Å². The number of hydrogen-bond acceptors (Lipinski definition) is 8. The number of rotatable bonds is 6. The molecule has 0 fully saturated rings. The van der Waals surface area contributed by atoms with Crippen LogP contribution in [-0.2, 0) is 6.42 Å². The van der Waals surface area contributed by atoms with Crippen LogP contribution >= 0.6 is 0 Å². The molecule has 3 N–H and O–H groups in total. The first kappa shape index (κ1) is 21.2. The lowest BCUT2D eigenvalue weighted by atomic mass is 10.0. The molecule has 4 aromatic heterocycles. The van der Waals surface area contributed by atoms with Gasteiger partial charge in [-0.05, 0) is 56.3 Å². The average Bonchev–Trinajstić information content (AvgIpc) is 3.47. The molecule has 4 heterocycles. The quantitative estimate of drug-likeness (QED) is 0.356. The van der Waals surface area contributed by atoms with Crippen molar-refractivity contribution in [2.24, 2.45) is 0 Å². The highest BCUT2D eigenvalue weighted by Gasteiger charge is 2.15. The zero-order valence-electron chi connectivity index (χ0n) is 18.6. The first-order valence-corrected chi connectivity index (χ1v) is 10.7. The molecule has 0 aliphatic heterocycles. The third-order valence-corrected chi connectivity index (χ3v) is 5.41. The number of nitrogens with one attached hydrogen (secondary N) is 2. The molecule has 0 radical (unpaired) electrons. The second-order valence-corrected chi connectivity index (χ2v) is 7.95. The van der Waals surface area contributed by atoms with Crippen LogP contribution in [0.1, 0.15) is 41.4 Å². The van der Waals surface area contributed by atoms with Crippen LogP contribution in [0.3, 0.4) is 0 Å². The summed E-state index contributed by atoms with van der Waals surface area (Å²) in [7, 11) is 0. The lowest BCUT2D eigenvalue weighted by Crippen LogP contribution is -2.07. The molecule has 0 aliphatic carbocycles. The first-order valence-electron chi connectivity index (χ1n) is 10.7. The molecule has 10 heteroatoms. The number of nitriles is 1. The molecular weight excluding hydrogens is 430 g/mol. The maximum absolute atomic E-state index is 10.2. The van der Waals surface area contributed by atoms with Crippen molar-refractivity contribution in [3.05, 3.63) is 83.2 Å². The first-order chi connectivity index (χ1) is 16.5. The summed E-state index contributed by atoms with van der Waals surface area (Å²) in [6.07, 6.45) is 1.44. The van der Waals surface area contributed by atoms with Gasteiger partial charge in [-0.3, -0.25) is 9.67 Å². The fourth-order valence-electron chi connectivity index (χ4n) is 3.73. The van der Waals surface area contributed by atoms with Crippen molar-refractivity contribution in [1.82, 2.24) is 34.9 Å².